The highest BCUT2D eigenvalue weighted by atomic mass is 16.6. The van der Waals surface area contributed by atoms with Crippen LogP contribution in [-0.2, 0) is 9.53 Å². The number of carboxylic acid groups (broad SMARTS) is 1. The predicted octanol–water partition coefficient (Wildman–Crippen LogP) is 2.89. The van der Waals surface area contributed by atoms with Gasteiger partial charge in [-0.15, -0.1) is 0 Å². The van der Waals surface area contributed by atoms with Gasteiger partial charge in [0.2, 0.25) is 0 Å². The van der Waals surface area contributed by atoms with E-state index >= 15 is 0 Å². The molecule has 1 rings (SSSR count). The van der Waals surface area contributed by atoms with Crippen LogP contribution in [0.5, 0.6) is 0 Å². The quantitative estimate of drug-likeness (QED) is 0.857. The van der Waals surface area contributed by atoms with Gasteiger partial charge in [0.25, 0.3) is 0 Å². The lowest BCUT2D eigenvalue weighted by atomic mass is 9.84. The van der Waals surface area contributed by atoms with Crippen LogP contribution in [0.2, 0.25) is 0 Å². The number of aliphatic carboxylic acids is 1. The molecule has 0 atom stereocenters. The van der Waals surface area contributed by atoms with Crippen molar-refractivity contribution in [3.05, 3.63) is 0 Å². The average molecular weight is 271 g/mol. The van der Waals surface area contributed by atoms with E-state index in [0.29, 0.717) is 0 Å². The molecule has 110 valence electrons. The molecule has 0 aromatic rings. The lowest BCUT2D eigenvalue weighted by Gasteiger charge is -2.35. The first-order valence-corrected chi connectivity index (χ1v) is 6.86. The summed E-state index contributed by atoms with van der Waals surface area (Å²) >= 11 is 0. The topological polar surface area (TPSA) is 66.8 Å². The summed E-state index contributed by atoms with van der Waals surface area (Å²) in [5.41, 5.74) is -0.480. The van der Waals surface area contributed by atoms with E-state index in [1.54, 1.807) is 11.9 Å². The maximum Gasteiger partial charge on any atom is 0.410 e. The van der Waals surface area contributed by atoms with Gasteiger partial charge in [0, 0.05) is 19.5 Å². The normalized spacial score (nSPS) is 23.8. The Morgan fingerprint density at radius 2 is 1.74 bits per heavy atom. The highest BCUT2D eigenvalue weighted by Crippen LogP contribution is 2.29. The number of carbonyl (C=O) groups excluding carboxylic acids is 1. The Bertz CT molecular complexity index is 327. The number of hydrogen-bond donors (Lipinski definition) is 1. The van der Waals surface area contributed by atoms with E-state index in [-0.39, 0.29) is 24.5 Å². The lowest BCUT2D eigenvalue weighted by Crippen LogP contribution is -2.42. The Morgan fingerprint density at radius 3 is 2.16 bits per heavy atom. The fourth-order valence-electron chi connectivity index (χ4n) is 2.47. The number of amides is 1. The molecule has 5 heteroatoms. The first-order valence-electron chi connectivity index (χ1n) is 6.86. The summed E-state index contributed by atoms with van der Waals surface area (Å²) < 4.78 is 5.34. The van der Waals surface area contributed by atoms with Gasteiger partial charge in [0.05, 0.1) is 0 Å². The number of ether oxygens (including phenoxy) is 1. The minimum atomic E-state index is -0.732. The van der Waals surface area contributed by atoms with Gasteiger partial charge in [-0.2, -0.15) is 0 Å². The number of carbonyl (C=O) groups is 2. The highest BCUT2D eigenvalue weighted by Gasteiger charge is 2.29. The summed E-state index contributed by atoms with van der Waals surface area (Å²) in [7, 11) is 1.76. The molecular weight excluding hydrogens is 246 g/mol. The molecule has 0 aromatic heterocycles. The van der Waals surface area contributed by atoms with Crippen LogP contribution in [0.4, 0.5) is 4.79 Å². The Morgan fingerprint density at radius 1 is 1.21 bits per heavy atom. The molecule has 0 bridgehead atoms. The van der Waals surface area contributed by atoms with Crippen molar-refractivity contribution in [1.82, 2.24) is 4.90 Å². The van der Waals surface area contributed by atoms with E-state index in [2.05, 4.69) is 0 Å². The summed E-state index contributed by atoms with van der Waals surface area (Å²) in [5, 5.41) is 8.77. The smallest absolute Gasteiger partial charge is 0.410 e. The van der Waals surface area contributed by atoms with E-state index in [0.717, 1.165) is 25.7 Å². The minimum Gasteiger partial charge on any atom is -0.481 e. The van der Waals surface area contributed by atoms with E-state index in [1.165, 1.54) is 0 Å². The molecular formula is C14H25NO4. The molecule has 0 unspecified atom stereocenters. The SMILES string of the molecule is CN(C(=O)OC(C)(C)C)[C@H]1CC[C@H](CC(=O)O)CC1. The maximum absolute atomic E-state index is 11.9. The molecule has 1 amide bonds. The summed E-state index contributed by atoms with van der Waals surface area (Å²) in [6, 6.07) is 0.167. The van der Waals surface area contributed by atoms with Crippen molar-refractivity contribution in [2.45, 2.75) is 64.5 Å². The van der Waals surface area contributed by atoms with Crippen molar-refractivity contribution in [2.75, 3.05) is 7.05 Å². The molecule has 19 heavy (non-hydrogen) atoms. The molecule has 0 aliphatic heterocycles. The van der Waals surface area contributed by atoms with Gasteiger partial charge in [0.1, 0.15) is 5.60 Å². The minimum absolute atomic E-state index is 0.167. The van der Waals surface area contributed by atoms with Crippen molar-refractivity contribution >= 4 is 12.1 Å². The zero-order valence-corrected chi connectivity index (χ0v) is 12.3. The first kappa shape index (κ1) is 15.8. The van der Waals surface area contributed by atoms with Crippen LogP contribution < -0.4 is 0 Å². The molecule has 0 heterocycles. The van der Waals surface area contributed by atoms with Crippen molar-refractivity contribution in [3.8, 4) is 0 Å². The number of hydrogen-bond acceptors (Lipinski definition) is 3. The molecule has 1 N–H and O–H groups in total. The van der Waals surface area contributed by atoms with Crippen molar-refractivity contribution in [1.29, 1.82) is 0 Å². The van der Waals surface area contributed by atoms with Crippen LogP contribution in [0.15, 0.2) is 0 Å². The largest absolute Gasteiger partial charge is 0.481 e. The van der Waals surface area contributed by atoms with Crippen LogP contribution in [0.25, 0.3) is 0 Å². The number of carboxylic acids is 1. The van der Waals surface area contributed by atoms with E-state index in [9.17, 15) is 9.59 Å². The molecule has 0 aromatic carbocycles. The Kier molecular flexibility index (Phi) is 5.20. The molecule has 1 fully saturated rings. The number of rotatable bonds is 3. The standard InChI is InChI=1S/C14H25NO4/c1-14(2,3)19-13(18)15(4)11-7-5-10(6-8-11)9-12(16)17/h10-11H,5-9H2,1-4H3,(H,16,17)/t10-,11-. The van der Waals surface area contributed by atoms with Gasteiger partial charge in [-0.05, 0) is 52.4 Å². The average Bonchev–Trinajstić information content (AvgIpc) is 2.26. The molecule has 5 nitrogen and oxygen atoms in total. The number of nitrogens with zero attached hydrogens (tertiary/aromatic N) is 1. The Labute approximate surface area is 114 Å². The molecule has 0 saturated heterocycles. The molecule has 1 saturated carbocycles. The lowest BCUT2D eigenvalue weighted by molar-refractivity contribution is -0.138. The van der Waals surface area contributed by atoms with Crippen LogP contribution >= 0.6 is 0 Å². The fraction of sp³-hybridized carbons (Fsp3) is 0.857. The Hall–Kier alpha value is -1.26. The third-order valence-corrected chi connectivity index (χ3v) is 3.51. The molecule has 1 aliphatic rings. The van der Waals surface area contributed by atoms with Crippen LogP contribution in [0.1, 0.15) is 52.9 Å². The van der Waals surface area contributed by atoms with Gasteiger partial charge in [-0.1, -0.05) is 0 Å². The summed E-state index contributed by atoms with van der Waals surface area (Å²) in [4.78, 5) is 24.2. The van der Waals surface area contributed by atoms with Crippen LogP contribution in [0.3, 0.4) is 0 Å². The second-order valence-electron chi connectivity index (χ2n) is 6.36. The van der Waals surface area contributed by atoms with Crippen molar-refractivity contribution in [2.24, 2.45) is 5.92 Å². The first-order chi connectivity index (χ1) is 8.69. The monoisotopic (exact) mass is 271 g/mol. The Balaban J connectivity index is 2.42. The van der Waals surface area contributed by atoms with E-state index in [4.69, 9.17) is 9.84 Å². The molecule has 0 spiro atoms. The van der Waals surface area contributed by atoms with Crippen LogP contribution in [-0.4, -0.2) is 40.8 Å². The summed E-state index contributed by atoms with van der Waals surface area (Å²) in [6.45, 7) is 5.55. The van der Waals surface area contributed by atoms with E-state index in [1.807, 2.05) is 20.8 Å². The second kappa shape index (κ2) is 6.26. The van der Waals surface area contributed by atoms with E-state index < -0.39 is 11.6 Å². The molecule has 1 aliphatic carbocycles. The van der Waals surface area contributed by atoms with Gasteiger partial charge in [-0.25, -0.2) is 4.79 Å². The van der Waals surface area contributed by atoms with Crippen molar-refractivity contribution < 1.29 is 19.4 Å². The third-order valence-electron chi connectivity index (χ3n) is 3.51. The predicted molar refractivity (Wildman–Crippen MR) is 72.0 cm³/mol. The van der Waals surface area contributed by atoms with Crippen molar-refractivity contribution in [3.63, 3.8) is 0 Å². The fourth-order valence-corrected chi connectivity index (χ4v) is 2.47. The summed E-state index contributed by atoms with van der Waals surface area (Å²) in [5.74, 6) is -0.482. The third kappa shape index (κ3) is 5.49. The second-order valence-corrected chi connectivity index (χ2v) is 6.36. The zero-order chi connectivity index (χ0) is 14.6. The molecule has 0 radical (unpaired) electrons. The van der Waals surface area contributed by atoms with Gasteiger partial charge >= 0.3 is 12.1 Å². The van der Waals surface area contributed by atoms with Gasteiger partial charge in [-0.3, -0.25) is 4.79 Å². The maximum atomic E-state index is 11.9. The van der Waals surface area contributed by atoms with Gasteiger partial charge in [0.15, 0.2) is 0 Å². The zero-order valence-electron chi connectivity index (χ0n) is 12.3. The summed E-state index contributed by atoms with van der Waals surface area (Å²) in [6.07, 6.45) is 3.38. The highest BCUT2D eigenvalue weighted by molar-refractivity contribution is 5.68. The van der Waals surface area contributed by atoms with Crippen LogP contribution in [0, 0.1) is 5.92 Å². The van der Waals surface area contributed by atoms with Gasteiger partial charge < -0.3 is 14.7 Å².